The smallest absolute Gasteiger partial charge is 0.355 e. The molecular weight excluding hydrogens is 308 g/mol. The molecule has 24 heavy (non-hydrogen) atoms. The third-order valence-electron chi connectivity index (χ3n) is 3.40. The van der Waals surface area contributed by atoms with Crippen molar-refractivity contribution in [3.63, 3.8) is 0 Å². The number of carboxylic acid groups (broad SMARTS) is 2. The van der Waals surface area contributed by atoms with E-state index < -0.39 is 23.2 Å². The second-order valence-corrected chi connectivity index (χ2v) is 4.96. The predicted molar refractivity (Wildman–Crippen MR) is 86.8 cm³/mol. The number of hydrogen-bond donors (Lipinski definition) is 2. The van der Waals surface area contributed by atoms with Crippen molar-refractivity contribution < 1.29 is 19.8 Å². The van der Waals surface area contributed by atoms with Gasteiger partial charge in [0, 0.05) is 11.1 Å². The molecule has 118 valence electrons. The summed E-state index contributed by atoms with van der Waals surface area (Å²) in [5, 5.41) is 18.9. The van der Waals surface area contributed by atoms with E-state index in [4.69, 9.17) is 0 Å². The first-order chi connectivity index (χ1) is 11.6. The SMILES string of the molecule is O=C(O)c1nc(-c2ccccc2)nc(-c2ccccc2)c1C(=O)O. The Kier molecular flexibility index (Phi) is 4.03. The molecule has 0 atom stereocenters. The molecule has 6 nitrogen and oxygen atoms in total. The Morgan fingerprint density at radius 1 is 0.708 bits per heavy atom. The minimum Gasteiger partial charge on any atom is -0.478 e. The van der Waals surface area contributed by atoms with Gasteiger partial charge in [0.25, 0.3) is 0 Å². The van der Waals surface area contributed by atoms with Crippen LogP contribution in [-0.2, 0) is 0 Å². The summed E-state index contributed by atoms with van der Waals surface area (Å²) in [5.41, 5.74) is 0.240. The fourth-order valence-electron chi connectivity index (χ4n) is 2.34. The maximum Gasteiger partial charge on any atom is 0.355 e. The topological polar surface area (TPSA) is 100 Å². The Labute approximate surface area is 137 Å². The van der Waals surface area contributed by atoms with Gasteiger partial charge in [-0.05, 0) is 0 Å². The lowest BCUT2D eigenvalue weighted by molar-refractivity contribution is 0.0646. The lowest BCUT2D eigenvalue weighted by Gasteiger charge is -2.11. The maximum absolute atomic E-state index is 11.6. The third kappa shape index (κ3) is 2.85. The molecule has 2 N–H and O–H groups in total. The highest BCUT2D eigenvalue weighted by molar-refractivity contribution is 6.05. The van der Waals surface area contributed by atoms with Crippen LogP contribution in [0.3, 0.4) is 0 Å². The molecule has 1 aromatic heterocycles. The van der Waals surface area contributed by atoms with Gasteiger partial charge in [0.15, 0.2) is 11.5 Å². The molecular formula is C18H12N2O4. The first-order valence-electron chi connectivity index (χ1n) is 7.07. The number of hydrogen-bond acceptors (Lipinski definition) is 4. The van der Waals surface area contributed by atoms with Crippen LogP contribution in [0.4, 0.5) is 0 Å². The van der Waals surface area contributed by atoms with Gasteiger partial charge in [-0.2, -0.15) is 0 Å². The fraction of sp³-hybridized carbons (Fsp3) is 0. The van der Waals surface area contributed by atoms with Crippen LogP contribution in [0, 0.1) is 0 Å². The highest BCUT2D eigenvalue weighted by Crippen LogP contribution is 2.27. The molecule has 0 aliphatic rings. The normalized spacial score (nSPS) is 10.3. The van der Waals surface area contributed by atoms with Crippen molar-refractivity contribution in [2.24, 2.45) is 0 Å². The molecule has 0 aliphatic carbocycles. The largest absolute Gasteiger partial charge is 0.478 e. The summed E-state index contributed by atoms with van der Waals surface area (Å²) in [4.78, 5) is 31.4. The third-order valence-corrected chi connectivity index (χ3v) is 3.40. The summed E-state index contributed by atoms with van der Waals surface area (Å²) in [7, 11) is 0. The summed E-state index contributed by atoms with van der Waals surface area (Å²) >= 11 is 0. The number of nitrogens with zero attached hydrogens (tertiary/aromatic N) is 2. The second kappa shape index (κ2) is 6.29. The van der Waals surface area contributed by atoms with E-state index in [1.165, 1.54) is 0 Å². The first kappa shape index (κ1) is 15.4. The van der Waals surface area contributed by atoms with Crippen LogP contribution >= 0.6 is 0 Å². The zero-order valence-electron chi connectivity index (χ0n) is 12.4. The van der Waals surface area contributed by atoms with Gasteiger partial charge in [0.2, 0.25) is 0 Å². The number of benzene rings is 2. The van der Waals surface area contributed by atoms with Crippen molar-refractivity contribution in [1.82, 2.24) is 9.97 Å². The molecule has 0 saturated carbocycles. The Bertz CT molecular complexity index is 909. The lowest BCUT2D eigenvalue weighted by Crippen LogP contribution is -2.15. The Morgan fingerprint density at radius 3 is 1.75 bits per heavy atom. The molecule has 0 aliphatic heterocycles. The summed E-state index contributed by atoms with van der Waals surface area (Å²) < 4.78 is 0. The average molecular weight is 320 g/mol. The van der Waals surface area contributed by atoms with Crippen molar-refractivity contribution in [1.29, 1.82) is 0 Å². The number of aromatic carboxylic acids is 2. The highest BCUT2D eigenvalue weighted by Gasteiger charge is 2.25. The van der Waals surface area contributed by atoms with Gasteiger partial charge in [0.1, 0.15) is 5.56 Å². The van der Waals surface area contributed by atoms with Crippen LogP contribution in [0.25, 0.3) is 22.6 Å². The van der Waals surface area contributed by atoms with Gasteiger partial charge in [-0.3, -0.25) is 0 Å². The predicted octanol–water partition coefficient (Wildman–Crippen LogP) is 3.21. The Hall–Kier alpha value is -3.54. The van der Waals surface area contributed by atoms with E-state index in [0.29, 0.717) is 11.1 Å². The van der Waals surface area contributed by atoms with Crippen molar-refractivity contribution in [2.75, 3.05) is 0 Å². The van der Waals surface area contributed by atoms with Gasteiger partial charge < -0.3 is 10.2 Å². The van der Waals surface area contributed by atoms with Crippen molar-refractivity contribution in [2.45, 2.75) is 0 Å². The van der Waals surface area contributed by atoms with E-state index >= 15 is 0 Å². The average Bonchev–Trinajstić information content (AvgIpc) is 2.62. The van der Waals surface area contributed by atoms with E-state index in [2.05, 4.69) is 9.97 Å². The minimum atomic E-state index is -1.41. The van der Waals surface area contributed by atoms with E-state index in [9.17, 15) is 19.8 Å². The Balaban J connectivity index is 2.35. The molecule has 0 bridgehead atoms. The number of carbonyl (C=O) groups is 2. The van der Waals surface area contributed by atoms with Gasteiger partial charge >= 0.3 is 11.9 Å². The molecule has 0 unspecified atom stereocenters. The minimum absolute atomic E-state index is 0.0781. The van der Waals surface area contributed by atoms with Crippen LogP contribution in [0.5, 0.6) is 0 Å². The molecule has 3 rings (SSSR count). The van der Waals surface area contributed by atoms with Crippen LogP contribution in [0.1, 0.15) is 20.8 Å². The van der Waals surface area contributed by atoms with E-state index in [1.807, 2.05) is 6.07 Å². The zero-order valence-corrected chi connectivity index (χ0v) is 12.4. The summed E-state index contributed by atoms with van der Waals surface area (Å²) in [5.74, 6) is -2.63. The van der Waals surface area contributed by atoms with Crippen molar-refractivity contribution >= 4 is 11.9 Å². The van der Waals surface area contributed by atoms with E-state index in [1.54, 1.807) is 54.6 Å². The van der Waals surface area contributed by atoms with Crippen molar-refractivity contribution in [3.05, 3.63) is 71.9 Å². The lowest BCUT2D eigenvalue weighted by atomic mass is 10.0. The maximum atomic E-state index is 11.6. The van der Waals surface area contributed by atoms with Crippen LogP contribution in [-0.4, -0.2) is 32.1 Å². The van der Waals surface area contributed by atoms with Crippen LogP contribution in [0.2, 0.25) is 0 Å². The fourth-order valence-corrected chi connectivity index (χ4v) is 2.34. The summed E-state index contributed by atoms with van der Waals surface area (Å²) in [6, 6.07) is 17.4. The number of aromatic nitrogens is 2. The van der Waals surface area contributed by atoms with E-state index in [-0.39, 0.29) is 11.5 Å². The summed E-state index contributed by atoms with van der Waals surface area (Å²) in [6.45, 7) is 0. The van der Waals surface area contributed by atoms with Crippen LogP contribution < -0.4 is 0 Å². The molecule has 0 spiro atoms. The quantitative estimate of drug-likeness (QED) is 0.765. The van der Waals surface area contributed by atoms with Gasteiger partial charge in [-0.1, -0.05) is 60.7 Å². The molecule has 6 heteroatoms. The standard InChI is InChI=1S/C18H12N2O4/c21-17(22)13-14(11-7-3-1-4-8-11)19-16(20-15(13)18(23)24)12-9-5-2-6-10-12/h1-10H,(H,21,22)(H,23,24). The molecule has 1 heterocycles. The molecule has 2 aromatic carbocycles. The van der Waals surface area contributed by atoms with Gasteiger partial charge in [-0.15, -0.1) is 0 Å². The van der Waals surface area contributed by atoms with E-state index in [0.717, 1.165) is 0 Å². The molecule has 0 amide bonds. The molecule has 0 fully saturated rings. The first-order valence-corrected chi connectivity index (χ1v) is 7.07. The molecule has 0 saturated heterocycles. The second-order valence-electron chi connectivity index (χ2n) is 4.96. The zero-order chi connectivity index (χ0) is 17.1. The number of rotatable bonds is 4. The monoisotopic (exact) mass is 320 g/mol. The number of carboxylic acids is 2. The van der Waals surface area contributed by atoms with Gasteiger partial charge in [0.05, 0.1) is 5.69 Å². The molecule has 0 radical (unpaired) electrons. The highest BCUT2D eigenvalue weighted by atomic mass is 16.4. The molecule has 3 aromatic rings. The van der Waals surface area contributed by atoms with Crippen LogP contribution in [0.15, 0.2) is 60.7 Å². The van der Waals surface area contributed by atoms with Gasteiger partial charge in [-0.25, -0.2) is 19.6 Å². The van der Waals surface area contributed by atoms with Crippen molar-refractivity contribution in [3.8, 4) is 22.6 Å². The Morgan fingerprint density at radius 2 is 1.25 bits per heavy atom. The summed E-state index contributed by atoms with van der Waals surface area (Å²) in [6.07, 6.45) is 0.